The molecule has 3 heteroatoms. The van der Waals surface area contributed by atoms with E-state index in [-0.39, 0.29) is 5.41 Å². The van der Waals surface area contributed by atoms with E-state index in [4.69, 9.17) is 0 Å². The molecule has 4 aliphatic carbocycles. The lowest BCUT2D eigenvalue weighted by molar-refractivity contribution is -0.973. The van der Waals surface area contributed by atoms with Crippen LogP contribution in [0.2, 0.25) is 0 Å². The number of amides is 1. The van der Waals surface area contributed by atoms with Gasteiger partial charge >= 0.3 is 0 Å². The topological polar surface area (TPSA) is 33.5 Å². The highest BCUT2D eigenvalue weighted by Gasteiger charge is 2.55. The molecular weight excluding hydrogens is 356 g/mol. The Bertz CT molecular complexity index is 710. The first-order valence-electron chi connectivity index (χ1n) is 12.4. The maximum absolute atomic E-state index is 13.5. The number of piperidine rings is 2. The van der Waals surface area contributed by atoms with Gasteiger partial charge in [-0.25, -0.2) is 0 Å². The SMILES string of the molecule is O=C(NC1C[C@H]2CCC[C@@H](C1)[NH+]2Cc1ccccc1)C12CC3CC(CC(C3)C1)C2. The zero-order valence-corrected chi connectivity index (χ0v) is 17.7. The minimum Gasteiger partial charge on any atom is -0.352 e. The fourth-order valence-electron chi connectivity index (χ4n) is 8.60. The Morgan fingerprint density at radius 2 is 1.48 bits per heavy atom. The van der Waals surface area contributed by atoms with Crippen molar-refractivity contribution in [3.8, 4) is 0 Å². The average molecular weight is 394 g/mol. The standard InChI is InChI=1S/C26H36N2O/c29-25(26-14-19-9-20(15-26)11-21(10-19)16-26)27-22-12-23-7-4-8-24(13-22)28(23)17-18-5-2-1-3-6-18/h1-3,5-6,19-24H,4,7-17H2,(H,27,29)/p+1/t19?,20?,21?,22?,23-,24+,26?. The molecule has 3 nitrogen and oxygen atoms in total. The van der Waals surface area contributed by atoms with Crippen LogP contribution in [-0.4, -0.2) is 24.0 Å². The van der Waals surface area contributed by atoms with Gasteiger partial charge in [0.1, 0.15) is 6.54 Å². The number of hydrogen-bond acceptors (Lipinski definition) is 1. The summed E-state index contributed by atoms with van der Waals surface area (Å²) in [4.78, 5) is 15.3. The van der Waals surface area contributed by atoms with Crippen LogP contribution >= 0.6 is 0 Å². The van der Waals surface area contributed by atoms with Gasteiger partial charge in [-0.05, 0) is 75.5 Å². The van der Waals surface area contributed by atoms with Crippen LogP contribution in [0.4, 0.5) is 0 Å². The number of quaternary nitrogens is 1. The Morgan fingerprint density at radius 3 is 2.07 bits per heavy atom. The van der Waals surface area contributed by atoms with E-state index in [1.165, 1.54) is 76.2 Å². The quantitative estimate of drug-likeness (QED) is 0.807. The van der Waals surface area contributed by atoms with Crippen LogP contribution in [0.1, 0.15) is 76.2 Å². The van der Waals surface area contributed by atoms with Crippen LogP contribution in [-0.2, 0) is 11.3 Å². The molecule has 2 saturated heterocycles. The van der Waals surface area contributed by atoms with E-state index >= 15 is 0 Å². The minimum atomic E-state index is 0.0118. The van der Waals surface area contributed by atoms with E-state index in [1.807, 2.05) is 0 Å². The molecule has 1 aromatic carbocycles. The van der Waals surface area contributed by atoms with Gasteiger partial charge < -0.3 is 10.2 Å². The van der Waals surface area contributed by atoms with Crippen LogP contribution in [0.5, 0.6) is 0 Å². The van der Waals surface area contributed by atoms with E-state index in [2.05, 4.69) is 35.6 Å². The van der Waals surface area contributed by atoms with E-state index in [0.29, 0.717) is 11.9 Å². The molecule has 0 aromatic heterocycles. The Balaban J connectivity index is 1.13. The first-order valence-corrected chi connectivity index (χ1v) is 12.4. The van der Waals surface area contributed by atoms with Crippen LogP contribution in [0.3, 0.4) is 0 Å². The van der Waals surface area contributed by atoms with Crippen molar-refractivity contribution in [3.05, 3.63) is 35.9 Å². The third kappa shape index (κ3) is 3.34. The summed E-state index contributed by atoms with van der Waals surface area (Å²) in [5.41, 5.74) is 1.48. The summed E-state index contributed by atoms with van der Waals surface area (Å²) in [5.74, 6) is 3.00. The zero-order chi connectivity index (χ0) is 19.4. The molecule has 0 radical (unpaired) electrons. The maximum Gasteiger partial charge on any atom is 0.226 e. The third-order valence-electron chi connectivity index (χ3n) is 9.40. The summed E-state index contributed by atoms with van der Waals surface area (Å²) < 4.78 is 0. The van der Waals surface area contributed by atoms with Crippen molar-refractivity contribution in [1.29, 1.82) is 0 Å². The number of fused-ring (bicyclic) bond motifs is 2. The lowest BCUT2D eigenvalue weighted by Gasteiger charge is -2.56. The summed E-state index contributed by atoms with van der Waals surface area (Å²) in [6, 6.07) is 12.9. The number of nitrogens with one attached hydrogen (secondary N) is 2. The number of carbonyl (C=O) groups is 1. The summed E-state index contributed by atoms with van der Waals surface area (Å²) in [7, 11) is 0. The third-order valence-corrected chi connectivity index (χ3v) is 9.40. The summed E-state index contributed by atoms with van der Waals surface area (Å²) >= 11 is 0. The molecule has 6 fully saturated rings. The van der Waals surface area contributed by atoms with Gasteiger partial charge in [-0.2, -0.15) is 0 Å². The fraction of sp³-hybridized carbons (Fsp3) is 0.731. The second-order valence-corrected chi connectivity index (χ2v) is 11.4. The first-order chi connectivity index (χ1) is 14.2. The Kier molecular flexibility index (Phi) is 4.52. The van der Waals surface area contributed by atoms with Crippen molar-refractivity contribution in [3.63, 3.8) is 0 Å². The number of hydrogen-bond donors (Lipinski definition) is 2. The second-order valence-electron chi connectivity index (χ2n) is 11.4. The van der Waals surface area contributed by atoms with Gasteiger partial charge in [-0.1, -0.05) is 30.3 Å². The Labute approximate surface area is 175 Å². The first kappa shape index (κ1) is 18.4. The normalized spacial score (nSPS) is 45.2. The van der Waals surface area contributed by atoms with Gasteiger partial charge in [0.05, 0.1) is 12.1 Å². The summed E-state index contributed by atoms with van der Waals surface area (Å²) in [6.45, 7) is 1.16. The lowest BCUT2D eigenvalue weighted by Crippen LogP contribution is -3.20. The molecule has 7 rings (SSSR count). The van der Waals surface area contributed by atoms with Crippen LogP contribution in [0, 0.1) is 23.2 Å². The summed E-state index contributed by atoms with van der Waals surface area (Å²) in [5, 5.41) is 3.64. The molecule has 156 valence electrons. The van der Waals surface area contributed by atoms with E-state index in [0.717, 1.165) is 36.4 Å². The monoisotopic (exact) mass is 393 g/mol. The number of carbonyl (C=O) groups excluding carboxylic acids is 1. The molecule has 1 aromatic rings. The van der Waals surface area contributed by atoms with Crippen LogP contribution < -0.4 is 10.2 Å². The van der Waals surface area contributed by atoms with E-state index in [9.17, 15) is 4.79 Å². The van der Waals surface area contributed by atoms with E-state index in [1.54, 1.807) is 4.90 Å². The number of rotatable bonds is 4. The molecule has 6 aliphatic rings. The van der Waals surface area contributed by atoms with Crippen molar-refractivity contribution in [2.45, 2.75) is 95.3 Å². The Hall–Kier alpha value is -1.35. The van der Waals surface area contributed by atoms with Crippen molar-refractivity contribution in [2.75, 3.05) is 0 Å². The highest BCUT2D eigenvalue weighted by molar-refractivity contribution is 5.83. The predicted molar refractivity (Wildman–Crippen MR) is 114 cm³/mol. The molecule has 6 bridgehead atoms. The van der Waals surface area contributed by atoms with Crippen molar-refractivity contribution >= 4 is 5.91 Å². The highest BCUT2D eigenvalue weighted by atomic mass is 16.2. The smallest absolute Gasteiger partial charge is 0.226 e. The van der Waals surface area contributed by atoms with E-state index < -0.39 is 0 Å². The van der Waals surface area contributed by atoms with Crippen molar-refractivity contribution < 1.29 is 9.69 Å². The fourth-order valence-corrected chi connectivity index (χ4v) is 8.60. The van der Waals surface area contributed by atoms with Crippen LogP contribution in [0.25, 0.3) is 0 Å². The highest BCUT2D eigenvalue weighted by Crippen LogP contribution is 2.60. The van der Waals surface area contributed by atoms with Gasteiger partial charge in [0.15, 0.2) is 0 Å². The average Bonchev–Trinajstić information content (AvgIpc) is 2.68. The van der Waals surface area contributed by atoms with Crippen LogP contribution in [0.15, 0.2) is 30.3 Å². The van der Waals surface area contributed by atoms with Crippen molar-refractivity contribution in [1.82, 2.24) is 5.32 Å². The Morgan fingerprint density at radius 1 is 0.897 bits per heavy atom. The van der Waals surface area contributed by atoms with Gasteiger partial charge in [0.2, 0.25) is 5.91 Å². The second kappa shape index (κ2) is 7.11. The largest absolute Gasteiger partial charge is 0.352 e. The molecule has 2 unspecified atom stereocenters. The minimum absolute atomic E-state index is 0.0118. The molecule has 2 heterocycles. The van der Waals surface area contributed by atoms with Gasteiger partial charge in [0, 0.05) is 29.9 Å². The lowest BCUT2D eigenvalue weighted by atomic mass is 9.49. The predicted octanol–water partition coefficient (Wildman–Crippen LogP) is 3.49. The van der Waals surface area contributed by atoms with Gasteiger partial charge in [-0.15, -0.1) is 0 Å². The molecule has 2 aliphatic heterocycles. The molecular formula is C26H37N2O+. The number of benzene rings is 1. The van der Waals surface area contributed by atoms with Gasteiger partial charge in [-0.3, -0.25) is 4.79 Å². The molecule has 4 saturated carbocycles. The van der Waals surface area contributed by atoms with Crippen molar-refractivity contribution in [2.24, 2.45) is 23.2 Å². The molecule has 4 atom stereocenters. The molecule has 0 spiro atoms. The molecule has 29 heavy (non-hydrogen) atoms. The molecule has 1 amide bonds. The maximum atomic E-state index is 13.5. The molecule has 2 N–H and O–H groups in total. The summed E-state index contributed by atoms with van der Waals surface area (Å²) in [6.07, 6.45) is 14.2. The zero-order valence-electron chi connectivity index (χ0n) is 17.7. The van der Waals surface area contributed by atoms with Gasteiger partial charge in [0.25, 0.3) is 0 Å².